The van der Waals surface area contributed by atoms with Crippen molar-refractivity contribution in [3.8, 4) is 5.75 Å². The molecule has 4 amide bonds. The number of tetrazole rings is 1. The van der Waals surface area contributed by atoms with E-state index in [-0.39, 0.29) is 5.95 Å². The molecule has 1 aliphatic rings. The van der Waals surface area contributed by atoms with Crippen molar-refractivity contribution in [2.75, 3.05) is 19.0 Å². The number of aromatic amines is 1. The van der Waals surface area contributed by atoms with Crippen LogP contribution in [0.2, 0.25) is 0 Å². The first-order valence-corrected chi connectivity index (χ1v) is 8.23. The average molecular weight is 373 g/mol. The number of aryl methyl sites for hydroxylation is 1. The van der Waals surface area contributed by atoms with Crippen molar-refractivity contribution in [2.24, 2.45) is 0 Å². The van der Waals surface area contributed by atoms with Gasteiger partial charge in [0.2, 0.25) is 5.91 Å². The van der Waals surface area contributed by atoms with Gasteiger partial charge in [-0.3, -0.25) is 19.8 Å². The number of benzene rings is 1. The Balaban J connectivity index is 1.84. The molecule has 0 aliphatic carbocycles. The maximum atomic E-state index is 13.1. The van der Waals surface area contributed by atoms with Crippen LogP contribution in [-0.2, 0) is 15.1 Å². The maximum Gasteiger partial charge on any atom is 0.325 e. The Morgan fingerprint density at radius 2 is 2.15 bits per heavy atom. The number of nitrogens with zero attached hydrogens (tertiary/aromatic N) is 4. The van der Waals surface area contributed by atoms with Gasteiger partial charge in [0, 0.05) is 0 Å². The smallest absolute Gasteiger partial charge is 0.325 e. The highest BCUT2D eigenvalue weighted by Crippen LogP contribution is 2.34. The van der Waals surface area contributed by atoms with Gasteiger partial charge in [-0.05, 0) is 41.8 Å². The number of H-pyrrole nitrogens is 1. The fraction of sp³-hybridized carbons (Fsp3) is 0.375. The van der Waals surface area contributed by atoms with Gasteiger partial charge in [-0.1, -0.05) is 18.1 Å². The minimum Gasteiger partial charge on any atom is -0.496 e. The highest BCUT2D eigenvalue weighted by molar-refractivity contribution is 6.10. The zero-order valence-corrected chi connectivity index (χ0v) is 15.1. The second kappa shape index (κ2) is 7.02. The predicted octanol–water partition coefficient (Wildman–Crippen LogP) is 0.313. The Bertz CT molecular complexity index is 883. The van der Waals surface area contributed by atoms with Crippen LogP contribution in [0.25, 0.3) is 0 Å². The van der Waals surface area contributed by atoms with E-state index in [0.29, 0.717) is 17.7 Å². The Labute approximate surface area is 154 Å². The van der Waals surface area contributed by atoms with Crippen LogP contribution < -0.4 is 15.4 Å². The van der Waals surface area contributed by atoms with Crippen molar-refractivity contribution in [3.05, 3.63) is 29.3 Å². The predicted molar refractivity (Wildman–Crippen MR) is 92.8 cm³/mol. The van der Waals surface area contributed by atoms with Gasteiger partial charge in [0.15, 0.2) is 0 Å². The van der Waals surface area contributed by atoms with Gasteiger partial charge in [-0.2, -0.15) is 5.21 Å². The minimum atomic E-state index is -1.24. The molecule has 1 aliphatic heterocycles. The highest BCUT2D eigenvalue weighted by Gasteiger charge is 2.51. The standard InChI is InChI=1S/C16H19N7O4/c1-4-16(10-5-6-11(27-3)9(2)7-10)13(25)23(15(26)18-16)8-12(24)17-14-19-21-22-20-14/h5-7H,4,8H2,1-3H3,(H,18,26)(H2,17,19,20,21,22,24). The van der Waals surface area contributed by atoms with E-state index in [2.05, 4.69) is 31.3 Å². The van der Waals surface area contributed by atoms with E-state index in [9.17, 15) is 14.4 Å². The molecule has 1 fully saturated rings. The van der Waals surface area contributed by atoms with E-state index >= 15 is 0 Å². The Morgan fingerprint density at radius 1 is 1.37 bits per heavy atom. The molecule has 3 N–H and O–H groups in total. The average Bonchev–Trinajstić information content (AvgIpc) is 3.23. The topological polar surface area (TPSA) is 142 Å². The first-order chi connectivity index (χ1) is 12.9. The molecular weight excluding hydrogens is 354 g/mol. The molecule has 1 unspecified atom stereocenters. The molecule has 3 rings (SSSR count). The van der Waals surface area contributed by atoms with E-state index < -0.39 is 29.9 Å². The van der Waals surface area contributed by atoms with Gasteiger partial charge in [-0.15, -0.1) is 5.10 Å². The molecule has 27 heavy (non-hydrogen) atoms. The summed E-state index contributed by atoms with van der Waals surface area (Å²) in [6.07, 6.45) is 0.326. The number of carbonyl (C=O) groups excluding carboxylic acids is 3. The number of urea groups is 1. The molecule has 142 valence electrons. The van der Waals surface area contributed by atoms with Gasteiger partial charge >= 0.3 is 6.03 Å². The molecule has 0 spiro atoms. The summed E-state index contributed by atoms with van der Waals surface area (Å²) in [6.45, 7) is 3.18. The van der Waals surface area contributed by atoms with E-state index in [4.69, 9.17) is 4.74 Å². The van der Waals surface area contributed by atoms with Gasteiger partial charge in [0.25, 0.3) is 11.9 Å². The summed E-state index contributed by atoms with van der Waals surface area (Å²) in [7, 11) is 1.56. The third-order valence-corrected chi connectivity index (χ3v) is 4.49. The van der Waals surface area contributed by atoms with E-state index in [1.807, 2.05) is 6.92 Å². The third kappa shape index (κ3) is 3.18. The summed E-state index contributed by atoms with van der Waals surface area (Å²) in [5.74, 6) is -0.474. The molecule has 1 saturated heterocycles. The molecule has 0 saturated carbocycles. The molecule has 1 aromatic heterocycles. The molecule has 1 aromatic carbocycles. The van der Waals surface area contributed by atoms with E-state index in [1.54, 1.807) is 32.2 Å². The van der Waals surface area contributed by atoms with Crippen molar-refractivity contribution >= 4 is 23.8 Å². The van der Waals surface area contributed by atoms with Crippen LogP contribution >= 0.6 is 0 Å². The third-order valence-electron chi connectivity index (χ3n) is 4.49. The summed E-state index contributed by atoms with van der Waals surface area (Å²) in [6, 6.07) is 4.63. The van der Waals surface area contributed by atoms with E-state index in [0.717, 1.165) is 10.5 Å². The SMILES string of the molecule is CCC1(c2ccc(OC)c(C)c2)NC(=O)N(CC(=O)Nc2nn[nH]n2)C1=O. The molecule has 0 bridgehead atoms. The first kappa shape index (κ1) is 18.3. The number of anilines is 1. The lowest BCUT2D eigenvalue weighted by Crippen LogP contribution is -2.44. The number of rotatable bonds is 6. The maximum absolute atomic E-state index is 13.1. The normalized spacial score (nSPS) is 19.1. The summed E-state index contributed by atoms with van der Waals surface area (Å²) in [4.78, 5) is 38.5. The summed E-state index contributed by atoms with van der Waals surface area (Å²) < 4.78 is 5.25. The van der Waals surface area contributed by atoms with E-state index in [1.165, 1.54) is 0 Å². The summed E-state index contributed by atoms with van der Waals surface area (Å²) in [5, 5.41) is 17.8. The Hall–Kier alpha value is -3.50. The Morgan fingerprint density at radius 3 is 2.74 bits per heavy atom. The van der Waals surface area contributed by atoms with Crippen molar-refractivity contribution in [2.45, 2.75) is 25.8 Å². The zero-order chi connectivity index (χ0) is 19.6. The first-order valence-electron chi connectivity index (χ1n) is 8.23. The van der Waals surface area contributed by atoms with Crippen LogP contribution in [0.4, 0.5) is 10.7 Å². The highest BCUT2D eigenvalue weighted by atomic mass is 16.5. The van der Waals surface area contributed by atoms with Gasteiger partial charge in [-0.25, -0.2) is 4.79 Å². The molecule has 11 nitrogen and oxygen atoms in total. The molecule has 1 atom stereocenters. The van der Waals surface area contributed by atoms with Crippen LogP contribution in [0, 0.1) is 6.92 Å². The minimum absolute atomic E-state index is 0.0420. The monoisotopic (exact) mass is 373 g/mol. The molecule has 11 heteroatoms. The fourth-order valence-corrected chi connectivity index (χ4v) is 3.08. The number of aromatic nitrogens is 4. The number of hydrogen-bond donors (Lipinski definition) is 3. The lowest BCUT2D eigenvalue weighted by Gasteiger charge is -2.26. The van der Waals surface area contributed by atoms with Crippen LogP contribution in [-0.4, -0.2) is 57.0 Å². The van der Waals surface area contributed by atoms with Crippen LogP contribution in [0.5, 0.6) is 5.75 Å². The van der Waals surface area contributed by atoms with Crippen molar-refractivity contribution in [1.82, 2.24) is 30.8 Å². The van der Waals surface area contributed by atoms with Crippen molar-refractivity contribution in [3.63, 3.8) is 0 Å². The van der Waals surface area contributed by atoms with Gasteiger partial charge < -0.3 is 10.1 Å². The largest absolute Gasteiger partial charge is 0.496 e. The zero-order valence-electron chi connectivity index (χ0n) is 15.1. The lowest BCUT2D eigenvalue weighted by atomic mass is 9.86. The molecule has 2 heterocycles. The van der Waals surface area contributed by atoms with Crippen LogP contribution in [0.3, 0.4) is 0 Å². The molecular formula is C16H19N7O4. The number of carbonyl (C=O) groups is 3. The van der Waals surface area contributed by atoms with Crippen LogP contribution in [0.1, 0.15) is 24.5 Å². The quantitative estimate of drug-likeness (QED) is 0.619. The van der Waals surface area contributed by atoms with Crippen LogP contribution in [0.15, 0.2) is 18.2 Å². The number of methoxy groups -OCH3 is 1. The Kier molecular flexibility index (Phi) is 4.75. The molecule has 0 radical (unpaired) electrons. The number of nitrogens with one attached hydrogen (secondary N) is 3. The lowest BCUT2D eigenvalue weighted by molar-refractivity contribution is -0.134. The van der Waals surface area contributed by atoms with Crippen molar-refractivity contribution < 1.29 is 19.1 Å². The number of hydrogen-bond acceptors (Lipinski definition) is 7. The fourth-order valence-electron chi connectivity index (χ4n) is 3.08. The molecule has 2 aromatic rings. The second-order valence-corrected chi connectivity index (χ2v) is 6.05. The number of imide groups is 1. The second-order valence-electron chi connectivity index (χ2n) is 6.05. The summed E-state index contributed by atoms with van der Waals surface area (Å²) in [5.41, 5.74) is 0.224. The van der Waals surface area contributed by atoms with Gasteiger partial charge in [0.1, 0.15) is 17.8 Å². The summed E-state index contributed by atoms with van der Waals surface area (Å²) >= 11 is 0. The number of ether oxygens (including phenoxy) is 1. The van der Waals surface area contributed by atoms with Gasteiger partial charge in [0.05, 0.1) is 7.11 Å². The van der Waals surface area contributed by atoms with Crippen molar-refractivity contribution in [1.29, 1.82) is 0 Å². The number of amides is 4.